The quantitative estimate of drug-likeness (QED) is 0.759. The molecule has 140 valence electrons. The van der Waals surface area contributed by atoms with Gasteiger partial charge in [-0.05, 0) is 50.3 Å². The highest BCUT2D eigenvalue weighted by molar-refractivity contribution is 9.10. The molecule has 7 heteroatoms. The normalized spacial score (nSPS) is 26.2. The monoisotopic (exact) mass is 421 g/mol. The smallest absolute Gasteiger partial charge is 0.325 e. The van der Waals surface area contributed by atoms with Crippen molar-refractivity contribution in [1.29, 1.82) is 0 Å². The van der Waals surface area contributed by atoms with Gasteiger partial charge in [0, 0.05) is 17.1 Å². The van der Waals surface area contributed by atoms with Gasteiger partial charge in [-0.3, -0.25) is 14.5 Å². The number of benzene rings is 1. The van der Waals surface area contributed by atoms with Crippen molar-refractivity contribution >= 4 is 33.8 Å². The summed E-state index contributed by atoms with van der Waals surface area (Å²) in [7, 11) is 0. The number of rotatable bonds is 4. The van der Waals surface area contributed by atoms with E-state index in [1.807, 2.05) is 17.0 Å². The van der Waals surface area contributed by atoms with Crippen molar-refractivity contribution in [1.82, 2.24) is 15.1 Å². The molecule has 2 aliphatic heterocycles. The summed E-state index contributed by atoms with van der Waals surface area (Å²) >= 11 is 3.39. The minimum atomic E-state index is -1.16. The average molecular weight is 422 g/mol. The number of halogens is 1. The number of amides is 4. The highest BCUT2D eigenvalue weighted by Gasteiger charge is 2.50. The van der Waals surface area contributed by atoms with Crippen LogP contribution in [0.5, 0.6) is 0 Å². The molecule has 1 aromatic rings. The van der Waals surface area contributed by atoms with Crippen LogP contribution in [0.25, 0.3) is 0 Å². The van der Waals surface area contributed by atoms with Gasteiger partial charge in [0.05, 0.1) is 0 Å². The first-order valence-corrected chi connectivity index (χ1v) is 9.85. The van der Waals surface area contributed by atoms with Gasteiger partial charge >= 0.3 is 6.03 Å². The number of carbonyl (C=O) groups is 3. The molecular weight excluding hydrogens is 398 g/mol. The van der Waals surface area contributed by atoms with Crippen LogP contribution in [0.2, 0.25) is 0 Å². The minimum Gasteiger partial charge on any atom is -0.338 e. The van der Waals surface area contributed by atoms with Crippen molar-refractivity contribution < 1.29 is 14.4 Å². The lowest BCUT2D eigenvalue weighted by atomic mass is 9.92. The molecule has 0 aliphatic carbocycles. The fraction of sp³-hybridized carbons (Fsp3) is 0.526. The Hall–Kier alpha value is -1.89. The molecular formula is C19H24BrN3O3. The maximum atomic E-state index is 13.0. The van der Waals surface area contributed by atoms with E-state index in [2.05, 4.69) is 28.2 Å². The standard InChI is InChI=1S/C19H24BrN3O3/c1-3-15-9-4-5-10-22(15)16(24)12-23-17(25)19(2,21-18(23)26)13-7-6-8-14(20)11-13/h6-8,11,15H,3-5,9-10,12H2,1-2H3,(H,21,26)/t15-,19-/m0/s1. The van der Waals surface area contributed by atoms with Gasteiger partial charge < -0.3 is 10.2 Å². The molecule has 2 fully saturated rings. The molecule has 3 rings (SSSR count). The number of likely N-dealkylation sites (tertiary alicyclic amines) is 1. The molecule has 6 nitrogen and oxygen atoms in total. The number of urea groups is 1. The number of imide groups is 1. The van der Waals surface area contributed by atoms with Crippen molar-refractivity contribution in [3.05, 3.63) is 34.3 Å². The molecule has 2 atom stereocenters. The second kappa shape index (κ2) is 7.39. The van der Waals surface area contributed by atoms with Crippen molar-refractivity contribution in [2.75, 3.05) is 13.1 Å². The molecule has 0 unspecified atom stereocenters. The van der Waals surface area contributed by atoms with Crippen LogP contribution >= 0.6 is 15.9 Å². The molecule has 0 bridgehead atoms. The number of nitrogens with one attached hydrogen (secondary N) is 1. The van der Waals surface area contributed by atoms with Crippen molar-refractivity contribution in [3.63, 3.8) is 0 Å². The zero-order valence-corrected chi connectivity index (χ0v) is 16.7. The van der Waals surface area contributed by atoms with Gasteiger partial charge in [-0.2, -0.15) is 0 Å². The van der Waals surface area contributed by atoms with E-state index in [4.69, 9.17) is 0 Å². The molecule has 2 heterocycles. The zero-order chi connectivity index (χ0) is 18.9. The van der Waals surface area contributed by atoms with Crippen molar-refractivity contribution in [3.8, 4) is 0 Å². The molecule has 1 N–H and O–H groups in total. The van der Waals surface area contributed by atoms with Crippen LogP contribution in [0.15, 0.2) is 28.7 Å². The summed E-state index contributed by atoms with van der Waals surface area (Å²) in [5.41, 5.74) is -0.475. The number of hydrogen-bond donors (Lipinski definition) is 1. The topological polar surface area (TPSA) is 69.7 Å². The van der Waals surface area contributed by atoms with Gasteiger partial charge in [-0.25, -0.2) is 4.79 Å². The van der Waals surface area contributed by atoms with E-state index >= 15 is 0 Å². The summed E-state index contributed by atoms with van der Waals surface area (Å²) in [6, 6.07) is 6.96. The Morgan fingerprint density at radius 3 is 2.81 bits per heavy atom. The molecule has 0 radical (unpaired) electrons. The minimum absolute atomic E-state index is 0.154. The summed E-state index contributed by atoms with van der Waals surface area (Å²) in [5, 5.41) is 2.75. The van der Waals surface area contributed by atoms with Crippen molar-refractivity contribution in [2.24, 2.45) is 0 Å². The van der Waals surface area contributed by atoms with Crippen LogP contribution < -0.4 is 5.32 Å². The second-order valence-corrected chi connectivity index (χ2v) is 8.02. The lowest BCUT2D eigenvalue weighted by Gasteiger charge is -2.36. The Balaban J connectivity index is 1.78. The van der Waals surface area contributed by atoms with E-state index in [0.717, 1.165) is 35.1 Å². The highest BCUT2D eigenvalue weighted by atomic mass is 79.9. The predicted octanol–water partition coefficient (Wildman–Crippen LogP) is 3.01. The summed E-state index contributed by atoms with van der Waals surface area (Å²) < 4.78 is 0.826. The molecule has 2 saturated heterocycles. The largest absolute Gasteiger partial charge is 0.338 e. The molecule has 4 amide bonds. The first-order valence-electron chi connectivity index (χ1n) is 9.06. The first-order chi connectivity index (χ1) is 12.4. The van der Waals surface area contributed by atoms with Gasteiger partial charge in [0.25, 0.3) is 5.91 Å². The van der Waals surface area contributed by atoms with Gasteiger partial charge in [-0.1, -0.05) is 35.0 Å². The lowest BCUT2D eigenvalue weighted by molar-refractivity contribution is -0.141. The summed E-state index contributed by atoms with van der Waals surface area (Å²) in [6.07, 6.45) is 3.96. The van der Waals surface area contributed by atoms with E-state index in [0.29, 0.717) is 12.1 Å². The lowest BCUT2D eigenvalue weighted by Crippen LogP contribution is -2.49. The molecule has 0 spiro atoms. The third-order valence-electron chi connectivity index (χ3n) is 5.39. The average Bonchev–Trinajstić information content (AvgIpc) is 2.85. The fourth-order valence-electron chi connectivity index (χ4n) is 3.82. The molecule has 26 heavy (non-hydrogen) atoms. The van der Waals surface area contributed by atoms with Crippen LogP contribution in [-0.4, -0.2) is 46.8 Å². The zero-order valence-electron chi connectivity index (χ0n) is 15.1. The Labute approximate surface area is 162 Å². The first kappa shape index (κ1) is 18.9. The van der Waals surface area contributed by atoms with Crippen LogP contribution in [0.1, 0.15) is 45.1 Å². The second-order valence-electron chi connectivity index (χ2n) is 7.10. The van der Waals surface area contributed by atoms with E-state index in [1.165, 1.54) is 0 Å². The summed E-state index contributed by atoms with van der Waals surface area (Å²) in [5.74, 6) is -0.544. The Morgan fingerprint density at radius 1 is 1.35 bits per heavy atom. The summed E-state index contributed by atoms with van der Waals surface area (Å²) in [6.45, 7) is 4.23. The molecule has 0 aromatic heterocycles. The van der Waals surface area contributed by atoms with Gasteiger partial charge in [0.1, 0.15) is 12.1 Å². The Kier molecular flexibility index (Phi) is 5.37. The van der Waals surface area contributed by atoms with Gasteiger partial charge in [0.2, 0.25) is 5.91 Å². The Bertz CT molecular complexity index is 738. The van der Waals surface area contributed by atoms with E-state index in [9.17, 15) is 14.4 Å². The van der Waals surface area contributed by atoms with E-state index in [-0.39, 0.29) is 24.4 Å². The Morgan fingerprint density at radius 2 is 2.12 bits per heavy atom. The number of nitrogens with zero attached hydrogens (tertiary/aromatic N) is 2. The maximum Gasteiger partial charge on any atom is 0.325 e. The van der Waals surface area contributed by atoms with E-state index in [1.54, 1.807) is 19.1 Å². The van der Waals surface area contributed by atoms with E-state index < -0.39 is 11.6 Å². The number of carbonyl (C=O) groups excluding carboxylic acids is 3. The van der Waals surface area contributed by atoms with Crippen LogP contribution in [0.4, 0.5) is 4.79 Å². The molecule has 2 aliphatic rings. The number of piperidine rings is 1. The van der Waals surface area contributed by atoms with Crippen molar-refractivity contribution in [2.45, 2.75) is 51.1 Å². The molecule has 1 aromatic carbocycles. The predicted molar refractivity (Wildman–Crippen MR) is 101 cm³/mol. The van der Waals surface area contributed by atoms with Gasteiger partial charge in [0.15, 0.2) is 0 Å². The highest BCUT2D eigenvalue weighted by Crippen LogP contribution is 2.30. The van der Waals surface area contributed by atoms with Crippen LogP contribution in [0.3, 0.4) is 0 Å². The molecule has 0 saturated carbocycles. The van der Waals surface area contributed by atoms with Crippen LogP contribution in [-0.2, 0) is 15.1 Å². The summed E-state index contributed by atoms with van der Waals surface area (Å²) in [4.78, 5) is 41.1. The van der Waals surface area contributed by atoms with Crippen LogP contribution in [0, 0.1) is 0 Å². The third kappa shape index (κ3) is 3.37. The third-order valence-corrected chi connectivity index (χ3v) is 5.88. The fourth-order valence-corrected chi connectivity index (χ4v) is 4.21. The maximum absolute atomic E-state index is 13.0. The SMILES string of the molecule is CC[C@H]1CCCCN1C(=O)CN1C(=O)N[C@@](C)(c2cccc(Br)c2)C1=O. The van der Waals surface area contributed by atoms with Gasteiger partial charge in [-0.15, -0.1) is 0 Å². The number of hydrogen-bond acceptors (Lipinski definition) is 3.